The maximum absolute atomic E-state index is 12.7. The third kappa shape index (κ3) is 2.64. The van der Waals surface area contributed by atoms with E-state index in [-0.39, 0.29) is 18.1 Å². The number of hydrogen-bond donors (Lipinski definition) is 0. The van der Waals surface area contributed by atoms with Gasteiger partial charge in [0.1, 0.15) is 6.61 Å². The maximum atomic E-state index is 12.7. The topological polar surface area (TPSA) is 60.7 Å². The summed E-state index contributed by atoms with van der Waals surface area (Å²) in [5.41, 5.74) is 1.62. The van der Waals surface area contributed by atoms with Crippen molar-refractivity contribution in [1.29, 1.82) is 0 Å². The molecule has 1 aliphatic rings. The smallest absolute Gasteiger partial charge is 0.316 e. The van der Waals surface area contributed by atoms with E-state index < -0.39 is 5.41 Å². The van der Waals surface area contributed by atoms with E-state index in [1.165, 1.54) is 17.4 Å². The van der Waals surface area contributed by atoms with E-state index in [1.807, 2.05) is 54.6 Å². The molecule has 4 aromatic rings. The molecule has 0 unspecified atom stereocenters. The fraction of sp³-hybridized carbons (Fsp3) is 0.190. The molecule has 134 valence electrons. The van der Waals surface area contributed by atoms with Crippen molar-refractivity contribution in [2.45, 2.75) is 24.9 Å². The summed E-state index contributed by atoms with van der Waals surface area (Å²) in [7, 11) is 0. The maximum Gasteiger partial charge on any atom is 0.316 e. The fourth-order valence-electron chi connectivity index (χ4n) is 3.47. The van der Waals surface area contributed by atoms with Crippen LogP contribution in [-0.4, -0.2) is 15.4 Å². The second-order valence-corrected chi connectivity index (χ2v) is 7.81. The molecule has 6 heteroatoms. The lowest BCUT2D eigenvalue weighted by molar-refractivity contribution is -0.148. The van der Waals surface area contributed by atoms with E-state index in [0.29, 0.717) is 10.7 Å². The average Bonchev–Trinajstić information content (AvgIpc) is 3.42. The van der Waals surface area contributed by atoms with Crippen molar-refractivity contribution in [2.24, 2.45) is 0 Å². The first-order chi connectivity index (χ1) is 13.2. The molecule has 5 rings (SSSR count). The minimum atomic E-state index is -0.530. The van der Waals surface area contributed by atoms with E-state index in [2.05, 4.69) is 4.98 Å². The molecule has 0 bridgehead atoms. The Balaban J connectivity index is 1.41. The predicted molar refractivity (Wildman–Crippen MR) is 104 cm³/mol. The van der Waals surface area contributed by atoms with Crippen LogP contribution in [0.5, 0.6) is 0 Å². The lowest BCUT2D eigenvalue weighted by Gasteiger charge is -2.14. The first kappa shape index (κ1) is 16.2. The fourth-order valence-corrected chi connectivity index (χ4v) is 4.52. The van der Waals surface area contributed by atoms with Gasteiger partial charge in [-0.2, -0.15) is 0 Å². The number of carbonyl (C=O) groups excluding carboxylic acids is 1. The molecular formula is C21H16N2O3S. The summed E-state index contributed by atoms with van der Waals surface area (Å²) in [5.74, 6) is -0.243. The number of benzene rings is 2. The number of nitrogens with zero attached hydrogens (tertiary/aromatic N) is 2. The van der Waals surface area contributed by atoms with Crippen LogP contribution in [0, 0.1) is 0 Å². The summed E-state index contributed by atoms with van der Waals surface area (Å²) >= 11 is 1.45. The Morgan fingerprint density at radius 3 is 2.63 bits per heavy atom. The van der Waals surface area contributed by atoms with Gasteiger partial charge < -0.3 is 4.74 Å². The number of hydrogen-bond acceptors (Lipinski definition) is 5. The Morgan fingerprint density at radius 1 is 1.11 bits per heavy atom. The summed E-state index contributed by atoms with van der Waals surface area (Å²) in [6.45, 7) is 0.00734. The quantitative estimate of drug-likeness (QED) is 0.510. The molecule has 1 fully saturated rings. The van der Waals surface area contributed by atoms with Gasteiger partial charge in [-0.25, -0.2) is 4.98 Å². The number of thiazole rings is 1. The van der Waals surface area contributed by atoms with E-state index in [0.717, 1.165) is 28.6 Å². The third-order valence-electron chi connectivity index (χ3n) is 5.07. The second kappa shape index (κ2) is 6.03. The zero-order valence-corrected chi connectivity index (χ0v) is 15.2. The Labute approximate surface area is 158 Å². The van der Waals surface area contributed by atoms with E-state index >= 15 is 0 Å². The van der Waals surface area contributed by atoms with Crippen molar-refractivity contribution in [3.63, 3.8) is 0 Å². The molecule has 2 heterocycles. The molecule has 0 aliphatic heterocycles. The van der Waals surface area contributed by atoms with Gasteiger partial charge in [-0.05, 0) is 30.5 Å². The molecule has 0 amide bonds. The third-order valence-corrected chi connectivity index (χ3v) is 6.09. The molecule has 1 aliphatic carbocycles. The molecule has 0 atom stereocenters. The van der Waals surface area contributed by atoms with Gasteiger partial charge in [-0.1, -0.05) is 53.8 Å². The first-order valence-electron chi connectivity index (χ1n) is 8.80. The van der Waals surface area contributed by atoms with E-state index in [9.17, 15) is 9.59 Å². The van der Waals surface area contributed by atoms with Crippen LogP contribution in [0.2, 0.25) is 0 Å². The minimum Gasteiger partial charge on any atom is -0.458 e. The molecule has 2 aromatic carbocycles. The van der Waals surface area contributed by atoms with Gasteiger partial charge in [0, 0.05) is 6.07 Å². The predicted octanol–water partition coefficient (Wildman–Crippen LogP) is 3.68. The highest BCUT2D eigenvalue weighted by Gasteiger charge is 2.52. The Bertz CT molecular complexity index is 1220. The van der Waals surface area contributed by atoms with Crippen LogP contribution in [-0.2, 0) is 21.6 Å². The van der Waals surface area contributed by atoms with Crippen LogP contribution in [0.4, 0.5) is 0 Å². The zero-order valence-electron chi connectivity index (χ0n) is 14.4. The van der Waals surface area contributed by atoms with E-state index in [4.69, 9.17) is 4.74 Å². The minimum absolute atomic E-state index is 0.00734. The molecule has 2 aromatic heterocycles. The number of para-hydroxylation sites is 1. The van der Waals surface area contributed by atoms with Crippen molar-refractivity contribution >= 4 is 32.5 Å². The average molecular weight is 376 g/mol. The van der Waals surface area contributed by atoms with Crippen LogP contribution in [0.25, 0.3) is 15.2 Å². The van der Waals surface area contributed by atoms with Crippen molar-refractivity contribution in [2.75, 3.05) is 0 Å². The number of carbonyl (C=O) groups is 1. The normalized spacial score (nSPS) is 15.1. The summed E-state index contributed by atoms with van der Waals surface area (Å²) in [5, 5.41) is 0. The number of ether oxygens (including phenoxy) is 1. The van der Waals surface area contributed by atoms with Crippen LogP contribution in [0.15, 0.2) is 65.5 Å². The van der Waals surface area contributed by atoms with Crippen LogP contribution in [0.3, 0.4) is 0 Å². The van der Waals surface area contributed by atoms with Crippen molar-refractivity contribution in [3.8, 4) is 0 Å². The Morgan fingerprint density at radius 2 is 1.85 bits per heavy atom. The Kier molecular flexibility index (Phi) is 3.62. The molecule has 0 spiro atoms. The highest BCUT2D eigenvalue weighted by atomic mass is 32.1. The second-order valence-electron chi connectivity index (χ2n) is 6.80. The van der Waals surface area contributed by atoms with Gasteiger partial charge in [0.05, 0.1) is 21.3 Å². The SMILES string of the molecule is O=C(OCc1cc(=O)n2c(n1)sc1ccccc12)C1(c2ccccc2)CC1. The van der Waals surface area contributed by atoms with Crippen LogP contribution < -0.4 is 5.56 Å². The lowest BCUT2D eigenvalue weighted by Crippen LogP contribution is -2.23. The number of esters is 1. The number of rotatable bonds is 4. The van der Waals surface area contributed by atoms with Gasteiger partial charge in [0.15, 0.2) is 4.96 Å². The van der Waals surface area contributed by atoms with E-state index in [1.54, 1.807) is 4.40 Å². The molecule has 0 saturated heterocycles. The van der Waals surface area contributed by atoms with Gasteiger partial charge in [-0.3, -0.25) is 14.0 Å². The Hall–Kier alpha value is -2.99. The standard InChI is InChI=1S/C21H16N2O3S/c24-18-12-15(22-20-23(18)16-8-4-5-9-17(16)27-20)13-26-19(25)21(10-11-21)14-6-2-1-3-7-14/h1-9,12H,10-11,13H2. The summed E-state index contributed by atoms with van der Waals surface area (Å²) in [4.78, 5) is 30.3. The van der Waals surface area contributed by atoms with Crippen molar-refractivity contribution in [1.82, 2.24) is 9.38 Å². The highest BCUT2D eigenvalue weighted by molar-refractivity contribution is 7.23. The summed E-state index contributed by atoms with van der Waals surface area (Å²) < 4.78 is 8.14. The highest BCUT2D eigenvalue weighted by Crippen LogP contribution is 2.49. The van der Waals surface area contributed by atoms with Crippen LogP contribution in [0.1, 0.15) is 24.1 Å². The molecule has 1 saturated carbocycles. The van der Waals surface area contributed by atoms with Gasteiger partial charge in [0.2, 0.25) is 0 Å². The van der Waals surface area contributed by atoms with Gasteiger partial charge in [-0.15, -0.1) is 0 Å². The molecular weight excluding hydrogens is 360 g/mol. The number of fused-ring (bicyclic) bond motifs is 3. The van der Waals surface area contributed by atoms with Crippen LogP contribution >= 0.6 is 11.3 Å². The van der Waals surface area contributed by atoms with Crippen molar-refractivity contribution in [3.05, 3.63) is 82.3 Å². The molecule has 5 nitrogen and oxygen atoms in total. The monoisotopic (exact) mass is 376 g/mol. The molecule has 0 radical (unpaired) electrons. The van der Waals surface area contributed by atoms with Gasteiger partial charge >= 0.3 is 5.97 Å². The first-order valence-corrected chi connectivity index (χ1v) is 9.62. The summed E-state index contributed by atoms with van der Waals surface area (Å²) in [6, 6.07) is 18.9. The summed E-state index contributed by atoms with van der Waals surface area (Å²) in [6.07, 6.45) is 1.59. The van der Waals surface area contributed by atoms with Gasteiger partial charge in [0.25, 0.3) is 5.56 Å². The number of aromatic nitrogens is 2. The lowest BCUT2D eigenvalue weighted by atomic mass is 9.96. The largest absolute Gasteiger partial charge is 0.458 e. The molecule has 0 N–H and O–H groups in total. The molecule has 27 heavy (non-hydrogen) atoms. The van der Waals surface area contributed by atoms with Crippen molar-refractivity contribution < 1.29 is 9.53 Å². The zero-order chi connectivity index (χ0) is 18.4.